The molecule has 3 aromatic rings. The zero-order valence-corrected chi connectivity index (χ0v) is 38.7. The minimum atomic E-state index is -1.33. The highest BCUT2D eigenvalue weighted by molar-refractivity contribution is 9.11. The third kappa shape index (κ3) is 10.2. The number of halogens is 4. The number of aromatic amines is 2. The summed E-state index contributed by atoms with van der Waals surface area (Å²) in [4.78, 5) is 102. The van der Waals surface area contributed by atoms with E-state index < -0.39 is 86.7 Å². The standard InChI is InChI=1S/C40H36Br4N4O14/c1-2-3-14-18(10-25(55)56)37-30(42)34-16(5-8-23(51)52)20(12-27(59)60)39(47-34)32(44)36-17(6-9-24(53)54)21(13-28(61)62)40(48-36)31(43)35-15(4-7-22(49)50)19(11-26(57)58)38(46-35)29(41)33(14)45-37/h47-48H,2-13H2,1H3,(H,49,50)(H,51,52)(H,53,54)(H,55,56)(H,57,58)(H,59,60)(H,61,62). The normalized spacial score (nSPS) is 12.5. The van der Waals surface area contributed by atoms with Gasteiger partial charge in [-0.2, -0.15) is 0 Å². The molecule has 5 heterocycles. The number of carbonyl (C=O) groups is 7. The first-order valence-electron chi connectivity index (χ1n) is 18.7. The third-order valence-corrected chi connectivity index (χ3v) is 13.1. The summed E-state index contributed by atoms with van der Waals surface area (Å²) >= 11 is 14.4. The van der Waals surface area contributed by atoms with E-state index in [0.717, 1.165) is 0 Å². The number of nitrogens with zero attached hydrogens (tertiary/aromatic N) is 2. The molecule has 0 radical (unpaired) electrons. The van der Waals surface area contributed by atoms with Gasteiger partial charge >= 0.3 is 41.8 Å². The summed E-state index contributed by atoms with van der Waals surface area (Å²) in [5, 5.41) is 70.2. The molecule has 2 aliphatic heterocycles. The van der Waals surface area contributed by atoms with Gasteiger partial charge < -0.3 is 45.7 Å². The van der Waals surface area contributed by atoms with Crippen LogP contribution in [0, 0.1) is 0 Å². The van der Waals surface area contributed by atoms with Gasteiger partial charge in [-0.05, 0) is 134 Å². The van der Waals surface area contributed by atoms with Crippen LogP contribution in [0.3, 0.4) is 0 Å². The Labute approximate surface area is 383 Å². The molecule has 5 rings (SSSR count). The van der Waals surface area contributed by atoms with E-state index in [0.29, 0.717) is 12.0 Å². The fourth-order valence-corrected chi connectivity index (χ4v) is 10.2. The predicted octanol–water partition coefficient (Wildman–Crippen LogP) is 8.09. The van der Waals surface area contributed by atoms with E-state index in [4.69, 9.17) is 9.97 Å². The van der Waals surface area contributed by atoms with Crippen molar-refractivity contribution < 1.29 is 69.3 Å². The number of aromatic nitrogens is 4. The minimum absolute atomic E-state index is 0.00435. The number of fused-ring (bicyclic) bond motifs is 8. The number of carboxylic acid groups (broad SMARTS) is 7. The molecule has 8 bridgehead atoms. The molecule has 62 heavy (non-hydrogen) atoms. The fourth-order valence-electron chi connectivity index (χ4n) is 7.58. The highest BCUT2D eigenvalue weighted by Crippen LogP contribution is 2.48. The van der Waals surface area contributed by atoms with Crippen LogP contribution >= 0.6 is 63.7 Å². The van der Waals surface area contributed by atoms with Crippen LogP contribution in [0.4, 0.5) is 0 Å². The van der Waals surface area contributed by atoms with Crippen molar-refractivity contribution in [2.75, 3.05) is 0 Å². The summed E-state index contributed by atoms with van der Waals surface area (Å²) in [5.41, 5.74) is 1.97. The molecular formula is C40H36Br4N4O14. The Morgan fingerprint density at radius 1 is 0.403 bits per heavy atom. The lowest BCUT2D eigenvalue weighted by Crippen LogP contribution is -2.05. The summed E-state index contributed by atoms with van der Waals surface area (Å²) in [5.74, 6) is -8.88. The second-order valence-electron chi connectivity index (χ2n) is 14.2. The van der Waals surface area contributed by atoms with Crippen LogP contribution in [-0.2, 0) is 59.2 Å². The van der Waals surface area contributed by atoms with Crippen molar-refractivity contribution in [2.24, 2.45) is 0 Å². The molecule has 22 heteroatoms. The number of H-pyrrole nitrogens is 2. The monoisotopic (exact) mass is 1110 g/mol. The zero-order chi connectivity index (χ0) is 45.9. The van der Waals surface area contributed by atoms with Gasteiger partial charge in [-0.1, -0.05) is 13.3 Å². The summed E-state index contributed by atoms with van der Waals surface area (Å²) in [6.45, 7) is 1.84. The van der Waals surface area contributed by atoms with E-state index in [1.54, 1.807) is 0 Å². The summed E-state index contributed by atoms with van der Waals surface area (Å²) in [6.07, 6.45) is -4.11. The van der Waals surface area contributed by atoms with Gasteiger partial charge in [0, 0.05) is 19.3 Å². The fraction of sp³-hybridized carbons (Fsp3) is 0.325. The van der Waals surface area contributed by atoms with Crippen LogP contribution in [0.5, 0.6) is 0 Å². The molecule has 0 saturated heterocycles. The summed E-state index contributed by atoms with van der Waals surface area (Å²) < 4.78 is 0.316. The lowest BCUT2D eigenvalue weighted by Gasteiger charge is -2.09. The van der Waals surface area contributed by atoms with Gasteiger partial charge in [0.05, 0.1) is 88.4 Å². The van der Waals surface area contributed by atoms with Crippen molar-refractivity contribution in [1.29, 1.82) is 0 Å². The number of rotatable bonds is 19. The number of allylic oxidation sites excluding steroid dienone is 2. The van der Waals surface area contributed by atoms with E-state index in [1.165, 1.54) is 0 Å². The molecule has 18 nitrogen and oxygen atoms in total. The Bertz CT molecular complexity index is 2720. The van der Waals surface area contributed by atoms with Crippen LogP contribution in [0.2, 0.25) is 0 Å². The minimum Gasteiger partial charge on any atom is -0.481 e. The molecule has 0 atom stereocenters. The molecular weight excluding hydrogens is 1080 g/mol. The van der Waals surface area contributed by atoms with Gasteiger partial charge in [0.25, 0.3) is 0 Å². The van der Waals surface area contributed by atoms with E-state index >= 15 is 0 Å². The van der Waals surface area contributed by atoms with Crippen molar-refractivity contribution in [3.05, 3.63) is 62.9 Å². The smallest absolute Gasteiger partial charge is 0.307 e. The molecule has 328 valence electrons. The van der Waals surface area contributed by atoms with Gasteiger partial charge in [-0.3, -0.25) is 33.6 Å². The second-order valence-corrected chi connectivity index (χ2v) is 17.3. The van der Waals surface area contributed by atoms with Crippen LogP contribution in [0.1, 0.15) is 103 Å². The molecule has 0 spiro atoms. The van der Waals surface area contributed by atoms with Gasteiger partial charge in [0.2, 0.25) is 0 Å². The highest BCUT2D eigenvalue weighted by atomic mass is 79.9. The Balaban J connectivity index is 2.24. The maximum Gasteiger partial charge on any atom is 0.307 e. The molecule has 0 aromatic carbocycles. The molecule has 0 fully saturated rings. The first-order valence-corrected chi connectivity index (χ1v) is 21.8. The SMILES string of the molecule is CCCC1=C(CC(=O)O)c2nc1c(Br)c1nc(c(Br)c3[nH]c(c(CCC(=O)O)c3CC(=O)O)c(Br)c3[nH]c(c2Br)c(CCC(=O)O)c3CC(=O)O)C(CCC(=O)O)=C1CC(=O)O. The summed E-state index contributed by atoms with van der Waals surface area (Å²) in [7, 11) is 0. The lowest BCUT2D eigenvalue weighted by molar-refractivity contribution is -0.138. The lowest BCUT2D eigenvalue weighted by atomic mass is 9.95. The third-order valence-electron chi connectivity index (χ3n) is 10.0. The van der Waals surface area contributed by atoms with Crippen molar-refractivity contribution in [3.63, 3.8) is 0 Å². The average molecular weight is 1120 g/mol. The zero-order valence-electron chi connectivity index (χ0n) is 32.4. The molecule has 0 saturated carbocycles. The Morgan fingerprint density at radius 2 is 0.726 bits per heavy atom. The number of aryl methyl sites for hydroxylation is 2. The molecule has 0 amide bonds. The van der Waals surface area contributed by atoms with E-state index in [-0.39, 0.29) is 127 Å². The first-order chi connectivity index (χ1) is 29.2. The van der Waals surface area contributed by atoms with Gasteiger partial charge in [-0.15, -0.1) is 0 Å². The Morgan fingerprint density at radius 3 is 1.13 bits per heavy atom. The topological polar surface area (TPSA) is 318 Å². The molecule has 2 aliphatic rings. The summed E-state index contributed by atoms with van der Waals surface area (Å²) in [6, 6.07) is 0. The van der Waals surface area contributed by atoms with E-state index in [1.807, 2.05) is 6.92 Å². The first kappa shape index (κ1) is 47.9. The van der Waals surface area contributed by atoms with Crippen LogP contribution in [-0.4, -0.2) is 97.5 Å². The van der Waals surface area contributed by atoms with Gasteiger partial charge in [0.1, 0.15) is 0 Å². The molecule has 3 aromatic heterocycles. The highest BCUT2D eigenvalue weighted by Gasteiger charge is 2.33. The maximum atomic E-state index is 12.5. The van der Waals surface area contributed by atoms with Crippen LogP contribution in [0.25, 0.3) is 44.4 Å². The maximum absolute atomic E-state index is 12.5. The van der Waals surface area contributed by atoms with Crippen molar-refractivity contribution in [3.8, 4) is 0 Å². The number of aliphatic carboxylic acids is 7. The van der Waals surface area contributed by atoms with Crippen LogP contribution in [0.15, 0.2) is 17.9 Å². The number of hydrogen-bond donors (Lipinski definition) is 9. The Kier molecular flexibility index (Phi) is 15.4. The number of hydrogen-bond acceptors (Lipinski definition) is 9. The number of carboxylic acids is 7. The molecule has 0 aliphatic carbocycles. The average Bonchev–Trinajstić information content (AvgIpc) is 3.91. The van der Waals surface area contributed by atoms with E-state index in [2.05, 4.69) is 73.7 Å². The largest absolute Gasteiger partial charge is 0.481 e. The number of nitrogens with one attached hydrogen (secondary N) is 2. The van der Waals surface area contributed by atoms with Gasteiger partial charge in [-0.25, -0.2) is 9.97 Å². The Hall–Kier alpha value is -5.19. The quantitative estimate of drug-likeness (QED) is 0.0547. The molecule has 9 N–H and O–H groups in total. The van der Waals surface area contributed by atoms with Crippen LogP contribution < -0.4 is 0 Å². The predicted molar refractivity (Wildman–Crippen MR) is 236 cm³/mol. The second kappa shape index (κ2) is 19.9. The van der Waals surface area contributed by atoms with Gasteiger partial charge in [0.15, 0.2) is 0 Å². The van der Waals surface area contributed by atoms with E-state index in [9.17, 15) is 69.3 Å². The van der Waals surface area contributed by atoms with Crippen molar-refractivity contribution in [2.45, 2.75) is 84.0 Å². The van der Waals surface area contributed by atoms with Crippen molar-refractivity contribution >= 4 is 150 Å². The van der Waals surface area contributed by atoms with Crippen molar-refractivity contribution in [1.82, 2.24) is 19.9 Å². The molecule has 0 unspecified atom stereocenters.